The summed E-state index contributed by atoms with van der Waals surface area (Å²) < 4.78 is 3.16. The molecule has 5 nitrogen and oxygen atoms in total. The van der Waals surface area contributed by atoms with E-state index in [1.807, 2.05) is 6.92 Å². The third-order valence-electron chi connectivity index (χ3n) is 2.47. The molecule has 0 radical (unpaired) electrons. The molecule has 1 atom stereocenters. The molecule has 16 heavy (non-hydrogen) atoms. The van der Waals surface area contributed by atoms with Gasteiger partial charge in [-0.05, 0) is 19.9 Å². The number of imidazole rings is 1. The van der Waals surface area contributed by atoms with Gasteiger partial charge in [-0.2, -0.15) is 0 Å². The zero-order valence-electron chi connectivity index (χ0n) is 10.0. The smallest absolute Gasteiger partial charge is 0.328 e. The Bertz CT molecular complexity index is 356. The van der Waals surface area contributed by atoms with Crippen LogP contribution in [0.2, 0.25) is 0 Å². The van der Waals surface area contributed by atoms with Gasteiger partial charge in [-0.3, -0.25) is 9.13 Å². The van der Waals surface area contributed by atoms with Crippen LogP contribution in [0.5, 0.6) is 0 Å². The number of aliphatic hydroxyl groups is 1. The molecule has 0 aliphatic rings. The highest BCUT2D eigenvalue weighted by Gasteiger charge is 2.07. The number of hydrogen-bond donors (Lipinski definition) is 2. The second-order valence-electron chi connectivity index (χ2n) is 3.88. The molecule has 0 spiro atoms. The third-order valence-corrected chi connectivity index (χ3v) is 2.47. The van der Waals surface area contributed by atoms with E-state index in [-0.39, 0.29) is 5.69 Å². The lowest BCUT2D eigenvalue weighted by atomic mass is 10.3. The monoisotopic (exact) mass is 227 g/mol. The number of aromatic nitrogens is 2. The van der Waals surface area contributed by atoms with E-state index in [1.54, 1.807) is 21.5 Å². The summed E-state index contributed by atoms with van der Waals surface area (Å²) in [7, 11) is 0. The summed E-state index contributed by atoms with van der Waals surface area (Å²) in [6, 6.07) is 0. The number of aliphatic hydroxyl groups excluding tert-OH is 1. The van der Waals surface area contributed by atoms with Crippen LogP contribution in [-0.4, -0.2) is 33.4 Å². The zero-order chi connectivity index (χ0) is 12.0. The lowest BCUT2D eigenvalue weighted by Gasteiger charge is -2.11. The fourth-order valence-corrected chi connectivity index (χ4v) is 1.57. The maximum absolute atomic E-state index is 11.7. The van der Waals surface area contributed by atoms with Gasteiger partial charge in [-0.1, -0.05) is 6.92 Å². The Morgan fingerprint density at radius 1 is 1.38 bits per heavy atom. The molecule has 0 bridgehead atoms. The Labute approximate surface area is 95.7 Å². The molecule has 1 unspecified atom stereocenters. The molecule has 0 amide bonds. The van der Waals surface area contributed by atoms with Crippen molar-refractivity contribution in [2.24, 2.45) is 0 Å². The van der Waals surface area contributed by atoms with E-state index >= 15 is 0 Å². The van der Waals surface area contributed by atoms with Crippen molar-refractivity contribution in [2.45, 2.75) is 39.5 Å². The van der Waals surface area contributed by atoms with Crippen LogP contribution < -0.4 is 11.0 Å². The van der Waals surface area contributed by atoms with E-state index in [0.29, 0.717) is 19.6 Å². The molecule has 1 aromatic rings. The third kappa shape index (κ3) is 3.50. The van der Waals surface area contributed by atoms with Gasteiger partial charge in [-0.15, -0.1) is 0 Å². The highest BCUT2D eigenvalue weighted by atomic mass is 16.3. The van der Waals surface area contributed by atoms with Crippen molar-refractivity contribution >= 4 is 0 Å². The minimum Gasteiger partial charge on any atom is -0.390 e. The maximum Gasteiger partial charge on any atom is 0.328 e. The Morgan fingerprint density at radius 2 is 2.06 bits per heavy atom. The summed E-state index contributed by atoms with van der Waals surface area (Å²) in [6.45, 7) is 6.42. The number of nitrogens with zero attached hydrogens (tertiary/aromatic N) is 2. The minimum absolute atomic E-state index is 0.0583. The summed E-state index contributed by atoms with van der Waals surface area (Å²) in [5.74, 6) is 0. The fraction of sp³-hybridized carbons (Fsp3) is 0.727. The van der Waals surface area contributed by atoms with E-state index in [9.17, 15) is 9.90 Å². The van der Waals surface area contributed by atoms with E-state index in [0.717, 1.165) is 13.0 Å². The SMILES string of the molecule is CCCNCC(O)Cn1ccn(CC)c1=O. The summed E-state index contributed by atoms with van der Waals surface area (Å²) in [5.41, 5.74) is -0.0583. The molecule has 1 rings (SSSR count). The van der Waals surface area contributed by atoms with Crippen molar-refractivity contribution < 1.29 is 5.11 Å². The first-order valence-electron chi connectivity index (χ1n) is 5.83. The van der Waals surface area contributed by atoms with E-state index in [2.05, 4.69) is 12.2 Å². The average Bonchev–Trinajstić information content (AvgIpc) is 2.60. The summed E-state index contributed by atoms with van der Waals surface area (Å²) >= 11 is 0. The van der Waals surface area contributed by atoms with Gasteiger partial charge in [-0.25, -0.2) is 4.79 Å². The van der Waals surface area contributed by atoms with Crippen molar-refractivity contribution in [3.05, 3.63) is 22.9 Å². The molecular formula is C11H21N3O2. The molecule has 92 valence electrons. The number of hydrogen-bond acceptors (Lipinski definition) is 3. The molecular weight excluding hydrogens is 206 g/mol. The molecule has 0 aliphatic carbocycles. The van der Waals surface area contributed by atoms with Gasteiger partial charge in [0.1, 0.15) is 0 Å². The van der Waals surface area contributed by atoms with Crippen molar-refractivity contribution in [1.82, 2.24) is 14.5 Å². The van der Waals surface area contributed by atoms with Crippen molar-refractivity contribution in [3.63, 3.8) is 0 Å². The Kier molecular flexibility index (Phi) is 5.28. The summed E-state index contributed by atoms with van der Waals surface area (Å²) in [6.07, 6.45) is 3.99. The number of nitrogens with one attached hydrogen (secondary N) is 1. The van der Waals surface area contributed by atoms with Gasteiger partial charge in [0.05, 0.1) is 12.6 Å². The van der Waals surface area contributed by atoms with E-state index in [1.165, 1.54) is 0 Å². The molecule has 1 heterocycles. The predicted molar refractivity (Wildman–Crippen MR) is 63.5 cm³/mol. The second-order valence-corrected chi connectivity index (χ2v) is 3.88. The first kappa shape index (κ1) is 13.0. The molecule has 1 aromatic heterocycles. The average molecular weight is 227 g/mol. The van der Waals surface area contributed by atoms with Gasteiger partial charge in [0.2, 0.25) is 0 Å². The quantitative estimate of drug-likeness (QED) is 0.646. The maximum atomic E-state index is 11.7. The fourth-order valence-electron chi connectivity index (χ4n) is 1.57. The lowest BCUT2D eigenvalue weighted by Crippen LogP contribution is -2.34. The number of aryl methyl sites for hydroxylation is 1. The van der Waals surface area contributed by atoms with Crippen LogP contribution in [-0.2, 0) is 13.1 Å². The normalized spacial score (nSPS) is 12.9. The van der Waals surface area contributed by atoms with Gasteiger partial charge in [0.15, 0.2) is 0 Å². The van der Waals surface area contributed by atoms with Crippen LogP contribution in [0, 0.1) is 0 Å². The molecule has 0 saturated heterocycles. The number of rotatable bonds is 7. The molecule has 0 aromatic carbocycles. The lowest BCUT2D eigenvalue weighted by molar-refractivity contribution is 0.150. The first-order chi connectivity index (χ1) is 7.69. The van der Waals surface area contributed by atoms with E-state index < -0.39 is 6.10 Å². The Morgan fingerprint density at radius 3 is 2.62 bits per heavy atom. The largest absolute Gasteiger partial charge is 0.390 e. The van der Waals surface area contributed by atoms with Crippen LogP contribution in [0.4, 0.5) is 0 Å². The van der Waals surface area contributed by atoms with Gasteiger partial charge >= 0.3 is 5.69 Å². The first-order valence-corrected chi connectivity index (χ1v) is 5.83. The van der Waals surface area contributed by atoms with Crippen LogP contribution in [0.3, 0.4) is 0 Å². The molecule has 2 N–H and O–H groups in total. The summed E-state index contributed by atoms with van der Waals surface area (Å²) in [4.78, 5) is 11.7. The van der Waals surface area contributed by atoms with Crippen LogP contribution in [0.1, 0.15) is 20.3 Å². The molecule has 0 aliphatic heterocycles. The minimum atomic E-state index is -0.517. The van der Waals surface area contributed by atoms with E-state index in [4.69, 9.17) is 0 Å². The molecule has 0 saturated carbocycles. The highest BCUT2D eigenvalue weighted by Crippen LogP contribution is 1.90. The second kappa shape index (κ2) is 6.50. The predicted octanol–water partition coefficient (Wildman–Crippen LogP) is 0.0302. The topological polar surface area (TPSA) is 59.2 Å². The Hall–Kier alpha value is -1.07. The summed E-state index contributed by atoms with van der Waals surface area (Å²) in [5, 5.41) is 12.8. The van der Waals surface area contributed by atoms with Gasteiger partial charge < -0.3 is 10.4 Å². The molecule has 5 heteroatoms. The van der Waals surface area contributed by atoms with Gasteiger partial charge in [0, 0.05) is 25.5 Å². The Balaban J connectivity index is 2.46. The van der Waals surface area contributed by atoms with Crippen molar-refractivity contribution in [3.8, 4) is 0 Å². The van der Waals surface area contributed by atoms with Crippen LogP contribution >= 0.6 is 0 Å². The molecule has 0 fully saturated rings. The van der Waals surface area contributed by atoms with Crippen molar-refractivity contribution in [1.29, 1.82) is 0 Å². The van der Waals surface area contributed by atoms with Gasteiger partial charge in [0.25, 0.3) is 0 Å². The standard InChI is InChI=1S/C11H21N3O2/c1-3-5-12-8-10(15)9-14-7-6-13(4-2)11(14)16/h6-7,10,12,15H,3-5,8-9H2,1-2H3. The zero-order valence-corrected chi connectivity index (χ0v) is 10.0. The highest BCUT2D eigenvalue weighted by molar-refractivity contribution is 4.82. The van der Waals surface area contributed by atoms with Crippen LogP contribution in [0.15, 0.2) is 17.2 Å². The van der Waals surface area contributed by atoms with Crippen LogP contribution in [0.25, 0.3) is 0 Å². The van der Waals surface area contributed by atoms with Crippen molar-refractivity contribution in [2.75, 3.05) is 13.1 Å².